The molecular weight excluding hydrogens is 222 g/mol. The van der Waals surface area contributed by atoms with Crippen LogP contribution in [-0.2, 0) is 0 Å². The van der Waals surface area contributed by atoms with Crippen molar-refractivity contribution in [3.8, 4) is 5.75 Å². The summed E-state index contributed by atoms with van der Waals surface area (Å²) in [6, 6.07) is 8.50. The normalized spacial score (nSPS) is 20.6. The minimum atomic E-state index is 0.588. The van der Waals surface area contributed by atoms with Crippen molar-refractivity contribution < 1.29 is 4.74 Å². The molecule has 0 saturated carbocycles. The Hall–Kier alpha value is -1.02. The molecule has 1 aromatic rings. The van der Waals surface area contributed by atoms with Crippen LogP contribution in [0.3, 0.4) is 0 Å². The number of ether oxygens (including phenoxy) is 1. The predicted octanol–water partition coefficient (Wildman–Crippen LogP) is 3.53. The highest BCUT2D eigenvalue weighted by atomic mass is 16.5. The van der Waals surface area contributed by atoms with E-state index in [0.29, 0.717) is 5.92 Å². The number of nitrogens with zero attached hydrogens (tertiary/aromatic N) is 1. The minimum Gasteiger partial charge on any atom is -0.492 e. The third kappa shape index (κ3) is 3.74. The number of hydrogen-bond acceptors (Lipinski definition) is 2. The van der Waals surface area contributed by atoms with E-state index >= 15 is 0 Å². The highest BCUT2D eigenvalue weighted by Crippen LogP contribution is 2.19. The van der Waals surface area contributed by atoms with Crippen LogP contribution in [0.1, 0.15) is 38.7 Å². The van der Waals surface area contributed by atoms with E-state index in [1.165, 1.54) is 25.1 Å². The van der Waals surface area contributed by atoms with Crippen molar-refractivity contribution in [2.24, 2.45) is 5.92 Å². The minimum absolute atomic E-state index is 0.588. The average molecular weight is 247 g/mol. The SMILES string of the molecule is CC(C)c1ccc(OCCN2CC[C@H](C)C2)cc1. The molecule has 0 radical (unpaired) electrons. The molecule has 0 bridgehead atoms. The summed E-state index contributed by atoms with van der Waals surface area (Å²) in [6.45, 7) is 11.1. The quantitative estimate of drug-likeness (QED) is 0.789. The summed E-state index contributed by atoms with van der Waals surface area (Å²) in [5.74, 6) is 2.44. The molecule has 100 valence electrons. The zero-order chi connectivity index (χ0) is 13.0. The molecule has 1 heterocycles. The third-order valence-corrected chi connectivity index (χ3v) is 3.73. The zero-order valence-electron chi connectivity index (χ0n) is 11.9. The molecule has 0 N–H and O–H groups in total. The van der Waals surface area contributed by atoms with Gasteiger partial charge in [-0.1, -0.05) is 32.9 Å². The van der Waals surface area contributed by atoms with Crippen molar-refractivity contribution in [1.82, 2.24) is 4.90 Å². The Morgan fingerprint density at radius 1 is 1.28 bits per heavy atom. The first-order valence-corrected chi connectivity index (χ1v) is 7.10. The molecule has 1 aliphatic heterocycles. The summed E-state index contributed by atoms with van der Waals surface area (Å²) in [6.07, 6.45) is 1.34. The number of hydrogen-bond donors (Lipinski definition) is 0. The van der Waals surface area contributed by atoms with Crippen molar-refractivity contribution >= 4 is 0 Å². The van der Waals surface area contributed by atoms with E-state index in [-0.39, 0.29) is 0 Å². The van der Waals surface area contributed by atoms with Crippen LogP contribution in [0, 0.1) is 5.92 Å². The van der Waals surface area contributed by atoms with Crippen molar-refractivity contribution in [1.29, 1.82) is 0 Å². The van der Waals surface area contributed by atoms with Gasteiger partial charge in [-0.2, -0.15) is 0 Å². The van der Waals surface area contributed by atoms with Gasteiger partial charge in [-0.3, -0.25) is 4.90 Å². The highest BCUT2D eigenvalue weighted by molar-refractivity contribution is 5.28. The van der Waals surface area contributed by atoms with Gasteiger partial charge in [0.25, 0.3) is 0 Å². The molecular formula is C16H25NO. The zero-order valence-corrected chi connectivity index (χ0v) is 11.9. The van der Waals surface area contributed by atoms with Gasteiger partial charge in [-0.15, -0.1) is 0 Å². The molecule has 0 aliphatic carbocycles. The lowest BCUT2D eigenvalue weighted by atomic mass is 10.0. The lowest BCUT2D eigenvalue weighted by Gasteiger charge is -2.15. The van der Waals surface area contributed by atoms with Crippen molar-refractivity contribution in [2.75, 3.05) is 26.2 Å². The molecule has 0 spiro atoms. The topological polar surface area (TPSA) is 12.5 Å². The molecule has 2 heteroatoms. The summed E-state index contributed by atoms with van der Waals surface area (Å²) in [4.78, 5) is 2.49. The lowest BCUT2D eigenvalue weighted by Crippen LogP contribution is -2.25. The molecule has 1 aromatic carbocycles. The Balaban J connectivity index is 1.73. The molecule has 0 aromatic heterocycles. The van der Waals surface area contributed by atoms with E-state index in [4.69, 9.17) is 4.74 Å². The van der Waals surface area contributed by atoms with Gasteiger partial charge in [0.15, 0.2) is 0 Å². The fourth-order valence-electron chi connectivity index (χ4n) is 2.47. The van der Waals surface area contributed by atoms with E-state index in [1.54, 1.807) is 0 Å². The van der Waals surface area contributed by atoms with Crippen LogP contribution in [0.5, 0.6) is 5.75 Å². The number of likely N-dealkylation sites (tertiary alicyclic amines) is 1. The number of benzene rings is 1. The largest absolute Gasteiger partial charge is 0.492 e. The Morgan fingerprint density at radius 3 is 2.56 bits per heavy atom. The third-order valence-electron chi connectivity index (χ3n) is 3.73. The standard InChI is InChI=1S/C16H25NO/c1-13(2)15-4-6-16(7-5-15)18-11-10-17-9-8-14(3)12-17/h4-7,13-14H,8-12H2,1-3H3/t14-/m0/s1. The predicted molar refractivity (Wildman–Crippen MR) is 76.2 cm³/mol. The second-order valence-electron chi connectivity index (χ2n) is 5.77. The Morgan fingerprint density at radius 2 is 2.00 bits per heavy atom. The second kappa shape index (κ2) is 6.24. The monoisotopic (exact) mass is 247 g/mol. The number of rotatable bonds is 5. The second-order valence-corrected chi connectivity index (χ2v) is 5.77. The van der Waals surface area contributed by atoms with Crippen LogP contribution in [0.4, 0.5) is 0 Å². The molecule has 18 heavy (non-hydrogen) atoms. The van der Waals surface area contributed by atoms with Crippen LogP contribution in [-0.4, -0.2) is 31.1 Å². The van der Waals surface area contributed by atoms with Gasteiger partial charge < -0.3 is 4.74 Å². The molecule has 0 amide bonds. The van der Waals surface area contributed by atoms with E-state index in [0.717, 1.165) is 24.8 Å². The Labute approximate surface area is 111 Å². The van der Waals surface area contributed by atoms with Crippen molar-refractivity contribution in [2.45, 2.75) is 33.1 Å². The van der Waals surface area contributed by atoms with Crippen LogP contribution in [0.15, 0.2) is 24.3 Å². The van der Waals surface area contributed by atoms with E-state index in [9.17, 15) is 0 Å². The van der Waals surface area contributed by atoms with E-state index < -0.39 is 0 Å². The maximum Gasteiger partial charge on any atom is 0.119 e. The summed E-state index contributed by atoms with van der Waals surface area (Å²) in [5, 5.41) is 0. The molecule has 1 saturated heterocycles. The lowest BCUT2D eigenvalue weighted by molar-refractivity contribution is 0.234. The van der Waals surface area contributed by atoms with Gasteiger partial charge in [0.1, 0.15) is 12.4 Å². The van der Waals surface area contributed by atoms with Gasteiger partial charge in [-0.25, -0.2) is 0 Å². The van der Waals surface area contributed by atoms with Crippen LogP contribution in [0.2, 0.25) is 0 Å². The van der Waals surface area contributed by atoms with Gasteiger partial charge in [0.2, 0.25) is 0 Å². The summed E-state index contributed by atoms with van der Waals surface area (Å²) in [5.41, 5.74) is 1.37. The summed E-state index contributed by atoms with van der Waals surface area (Å²) >= 11 is 0. The van der Waals surface area contributed by atoms with Crippen LogP contribution in [0.25, 0.3) is 0 Å². The first-order valence-electron chi connectivity index (χ1n) is 7.10. The van der Waals surface area contributed by atoms with Gasteiger partial charge in [0.05, 0.1) is 0 Å². The first kappa shape index (κ1) is 13.4. The van der Waals surface area contributed by atoms with E-state index in [1.807, 2.05) is 0 Å². The van der Waals surface area contributed by atoms with Crippen molar-refractivity contribution in [3.63, 3.8) is 0 Å². The maximum absolute atomic E-state index is 5.80. The molecule has 1 aliphatic rings. The van der Waals surface area contributed by atoms with Crippen LogP contribution >= 0.6 is 0 Å². The fourth-order valence-corrected chi connectivity index (χ4v) is 2.47. The molecule has 2 nitrogen and oxygen atoms in total. The average Bonchev–Trinajstić information content (AvgIpc) is 2.76. The van der Waals surface area contributed by atoms with Crippen LogP contribution < -0.4 is 4.74 Å². The van der Waals surface area contributed by atoms with Crippen molar-refractivity contribution in [3.05, 3.63) is 29.8 Å². The van der Waals surface area contributed by atoms with Gasteiger partial charge in [0, 0.05) is 13.1 Å². The maximum atomic E-state index is 5.80. The molecule has 1 fully saturated rings. The highest BCUT2D eigenvalue weighted by Gasteiger charge is 2.17. The summed E-state index contributed by atoms with van der Waals surface area (Å²) in [7, 11) is 0. The first-order chi connectivity index (χ1) is 8.65. The van der Waals surface area contributed by atoms with Gasteiger partial charge >= 0.3 is 0 Å². The summed E-state index contributed by atoms with van der Waals surface area (Å²) < 4.78 is 5.80. The van der Waals surface area contributed by atoms with Gasteiger partial charge in [-0.05, 0) is 42.5 Å². The molecule has 2 rings (SSSR count). The smallest absolute Gasteiger partial charge is 0.119 e. The Bertz CT molecular complexity index is 358. The molecule has 0 unspecified atom stereocenters. The fraction of sp³-hybridized carbons (Fsp3) is 0.625. The Kier molecular flexibility index (Phi) is 4.65. The molecule has 1 atom stereocenters. The van der Waals surface area contributed by atoms with E-state index in [2.05, 4.69) is 49.9 Å².